The van der Waals surface area contributed by atoms with Crippen molar-refractivity contribution in [3.8, 4) is 0 Å². The summed E-state index contributed by atoms with van der Waals surface area (Å²) in [5, 5.41) is 1.55. The van der Waals surface area contributed by atoms with Gasteiger partial charge in [-0.25, -0.2) is 0 Å². The van der Waals surface area contributed by atoms with Crippen molar-refractivity contribution in [2.75, 3.05) is 0 Å². The van der Waals surface area contributed by atoms with Gasteiger partial charge in [-0.05, 0) is 61.6 Å². The first-order chi connectivity index (χ1) is 12.1. The third kappa shape index (κ3) is 3.31. The van der Waals surface area contributed by atoms with E-state index in [2.05, 4.69) is 17.1 Å². The van der Waals surface area contributed by atoms with Crippen LogP contribution >= 0.6 is 23.4 Å². The third-order valence-corrected chi connectivity index (χ3v) is 6.13. The highest BCUT2D eigenvalue weighted by Gasteiger charge is 2.20. The van der Waals surface area contributed by atoms with Gasteiger partial charge in [-0.3, -0.25) is 9.78 Å². The third-order valence-electron chi connectivity index (χ3n) is 4.72. The van der Waals surface area contributed by atoms with Gasteiger partial charge in [-0.2, -0.15) is 0 Å². The molecule has 2 nitrogen and oxygen atoms in total. The van der Waals surface area contributed by atoms with Crippen LogP contribution < -0.4 is 0 Å². The fraction of sp³-hybridized carbons (Fsp3) is 0.238. The lowest BCUT2D eigenvalue weighted by molar-refractivity contribution is 0.0994. The molecular weight excluding hydrogens is 350 g/mol. The predicted octanol–water partition coefficient (Wildman–Crippen LogP) is 5.74. The van der Waals surface area contributed by atoms with E-state index in [1.54, 1.807) is 18.0 Å². The Kier molecular flexibility index (Phi) is 4.53. The molecule has 1 aliphatic rings. The molecule has 1 unspecified atom stereocenters. The van der Waals surface area contributed by atoms with Crippen LogP contribution in [0.25, 0.3) is 10.9 Å². The molecule has 0 N–H and O–H groups in total. The minimum absolute atomic E-state index is 0.152. The van der Waals surface area contributed by atoms with Crippen molar-refractivity contribution in [3.05, 3.63) is 70.4 Å². The predicted molar refractivity (Wildman–Crippen MR) is 105 cm³/mol. The largest absolute Gasteiger partial charge is 0.293 e. The Morgan fingerprint density at radius 2 is 1.96 bits per heavy atom. The van der Waals surface area contributed by atoms with E-state index >= 15 is 0 Å². The maximum absolute atomic E-state index is 12.9. The van der Waals surface area contributed by atoms with Crippen molar-refractivity contribution in [1.82, 2.24) is 4.98 Å². The molecule has 4 heteroatoms. The van der Waals surface area contributed by atoms with Gasteiger partial charge in [0.25, 0.3) is 0 Å². The van der Waals surface area contributed by atoms with Crippen LogP contribution in [-0.4, -0.2) is 16.0 Å². The second-order valence-corrected chi connectivity index (χ2v) is 8.25. The highest BCUT2D eigenvalue weighted by Crippen LogP contribution is 2.33. The van der Waals surface area contributed by atoms with Crippen molar-refractivity contribution < 1.29 is 4.79 Å². The number of halogens is 1. The lowest BCUT2D eigenvalue weighted by atomic mass is 10.0. The molecular formula is C21H18ClNOS. The van der Waals surface area contributed by atoms with Crippen LogP contribution in [-0.2, 0) is 12.8 Å². The summed E-state index contributed by atoms with van der Waals surface area (Å²) in [7, 11) is 0. The number of carbonyl (C=O) groups excluding carboxylic acids is 1. The Hall–Kier alpha value is -1.84. The van der Waals surface area contributed by atoms with Crippen LogP contribution in [0.2, 0.25) is 5.02 Å². The maximum Gasteiger partial charge on any atom is 0.175 e. The minimum Gasteiger partial charge on any atom is -0.293 e. The number of thioether (sulfide) groups is 1. The molecule has 126 valence electrons. The number of aromatic nitrogens is 1. The highest BCUT2D eigenvalue weighted by molar-refractivity contribution is 8.00. The van der Waals surface area contributed by atoms with Gasteiger partial charge in [0.1, 0.15) is 0 Å². The van der Waals surface area contributed by atoms with E-state index in [9.17, 15) is 4.79 Å². The summed E-state index contributed by atoms with van der Waals surface area (Å²) in [6.45, 7) is 1.97. The number of hydrogen-bond acceptors (Lipinski definition) is 3. The zero-order chi connectivity index (χ0) is 17.4. The summed E-state index contributed by atoms with van der Waals surface area (Å²) >= 11 is 7.64. The first kappa shape index (κ1) is 16.6. The molecule has 1 atom stereocenters. The fourth-order valence-electron chi connectivity index (χ4n) is 3.40. The number of benzene rings is 2. The molecule has 0 amide bonds. The van der Waals surface area contributed by atoms with Crippen LogP contribution in [0.4, 0.5) is 0 Å². The van der Waals surface area contributed by atoms with Gasteiger partial charge in [0.2, 0.25) is 0 Å². The number of aryl methyl sites for hydroxylation is 2. The van der Waals surface area contributed by atoms with E-state index in [-0.39, 0.29) is 11.0 Å². The van der Waals surface area contributed by atoms with Crippen molar-refractivity contribution in [3.63, 3.8) is 0 Å². The van der Waals surface area contributed by atoms with Crippen LogP contribution in [0, 0.1) is 0 Å². The molecule has 0 aliphatic heterocycles. The average molecular weight is 368 g/mol. The number of nitrogens with zero attached hydrogens (tertiary/aromatic N) is 1. The number of rotatable bonds is 4. The van der Waals surface area contributed by atoms with E-state index in [1.165, 1.54) is 17.5 Å². The number of carbonyl (C=O) groups is 1. The minimum atomic E-state index is -0.152. The summed E-state index contributed by atoms with van der Waals surface area (Å²) in [6, 6.07) is 13.8. The van der Waals surface area contributed by atoms with E-state index < -0.39 is 0 Å². The Labute approximate surface area is 156 Å². The second kappa shape index (κ2) is 6.81. The Morgan fingerprint density at radius 1 is 1.12 bits per heavy atom. The standard InChI is InChI=1S/C21H18ClNOS/c1-13(21(24)16-6-5-14-3-2-4-15(14)11-16)25-20-9-10-23-19-12-17(22)7-8-18(19)20/h5-13H,2-4H2,1H3. The van der Waals surface area contributed by atoms with Crippen LogP contribution in [0.1, 0.15) is 34.8 Å². The molecule has 0 saturated carbocycles. The summed E-state index contributed by atoms with van der Waals surface area (Å²) in [6.07, 6.45) is 5.20. The van der Waals surface area contributed by atoms with Crippen molar-refractivity contribution in [2.24, 2.45) is 0 Å². The lowest BCUT2D eigenvalue weighted by Crippen LogP contribution is -2.13. The maximum atomic E-state index is 12.9. The smallest absolute Gasteiger partial charge is 0.175 e. The lowest BCUT2D eigenvalue weighted by Gasteiger charge is -2.13. The van der Waals surface area contributed by atoms with Gasteiger partial charge in [0, 0.05) is 27.1 Å². The van der Waals surface area contributed by atoms with E-state index in [0.717, 1.165) is 34.2 Å². The van der Waals surface area contributed by atoms with Crippen molar-refractivity contribution in [2.45, 2.75) is 36.3 Å². The molecule has 4 rings (SSSR count). The topological polar surface area (TPSA) is 30.0 Å². The molecule has 1 aromatic heterocycles. The zero-order valence-corrected chi connectivity index (χ0v) is 15.5. The van der Waals surface area contributed by atoms with Gasteiger partial charge in [-0.1, -0.05) is 29.8 Å². The van der Waals surface area contributed by atoms with Crippen molar-refractivity contribution in [1.29, 1.82) is 0 Å². The molecule has 0 fully saturated rings. The highest BCUT2D eigenvalue weighted by atomic mass is 35.5. The molecule has 0 saturated heterocycles. The number of Topliss-reactive ketones (excluding diaryl/α,β-unsaturated/α-hetero) is 1. The number of hydrogen-bond donors (Lipinski definition) is 0. The van der Waals surface area contributed by atoms with Gasteiger partial charge in [0.05, 0.1) is 10.8 Å². The zero-order valence-electron chi connectivity index (χ0n) is 14.0. The summed E-state index contributed by atoms with van der Waals surface area (Å²) in [5.74, 6) is 0.179. The van der Waals surface area contributed by atoms with Crippen LogP contribution in [0.5, 0.6) is 0 Å². The second-order valence-electron chi connectivity index (χ2n) is 6.43. The van der Waals surface area contributed by atoms with Crippen LogP contribution in [0.15, 0.2) is 53.6 Å². The van der Waals surface area contributed by atoms with Gasteiger partial charge >= 0.3 is 0 Å². The molecule has 1 heterocycles. The first-order valence-corrected chi connectivity index (χ1v) is 9.74. The Bertz CT molecular complexity index is 969. The van der Waals surface area contributed by atoms with E-state index in [1.807, 2.05) is 37.3 Å². The monoisotopic (exact) mass is 367 g/mol. The normalized spacial score (nSPS) is 14.5. The molecule has 0 bridgehead atoms. The fourth-order valence-corrected chi connectivity index (χ4v) is 4.63. The molecule has 0 radical (unpaired) electrons. The molecule has 1 aliphatic carbocycles. The summed E-state index contributed by atoms with van der Waals surface area (Å²) in [4.78, 5) is 18.3. The SMILES string of the molecule is CC(Sc1ccnc2cc(Cl)ccc12)C(=O)c1ccc2c(c1)CCC2. The average Bonchev–Trinajstić information content (AvgIpc) is 3.08. The van der Waals surface area contributed by atoms with E-state index in [4.69, 9.17) is 11.6 Å². The Morgan fingerprint density at radius 3 is 2.84 bits per heavy atom. The van der Waals surface area contributed by atoms with Gasteiger partial charge in [0.15, 0.2) is 5.78 Å². The summed E-state index contributed by atoms with van der Waals surface area (Å²) < 4.78 is 0. The van der Waals surface area contributed by atoms with E-state index in [0.29, 0.717) is 5.02 Å². The Balaban J connectivity index is 1.59. The molecule has 25 heavy (non-hydrogen) atoms. The van der Waals surface area contributed by atoms with Crippen LogP contribution in [0.3, 0.4) is 0 Å². The molecule has 0 spiro atoms. The molecule has 3 aromatic rings. The van der Waals surface area contributed by atoms with Crippen molar-refractivity contribution >= 4 is 40.0 Å². The number of fused-ring (bicyclic) bond motifs is 2. The number of ketones is 1. The molecule has 2 aromatic carbocycles. The number of pyridine rings is 1. The van der Waals surface area contributed by atoms with Gasteiger partial charge < -0.3 is 0 Å². The summed E-state index contributed by atoms with van der Waals surface area (Å²) in [5.41, 5.74) is 4.41. The quantitative estimate of drug-likeness (QED) is 0.435. The first-order valence-electron chi connectivity index (χ1n) is 8.49. The van der Waals surface area contributed by atoms with Gasteiger partial charge in [-0.15, -0.1) is 11.8 Å².